The van der Waals surface area contributed by atoms with E-state index in [9.17, 15) is 4.39 Å². The van der Waals surface area contributed by atoms with Crippen LogP contribution in [0, 0.1) is 12.7 Å². The number of rotatable bonds is 1. The van der Waals surface area contributed by atoms with Gasteiger partial charge in [-0.05, 0) is 24.1 Å². The average molecular weight is 179 g/mol. The summed E-state index contributed by atoms with van der Waals surface area (Å²) in [6.07, 6.45) is 1.43. The maximum atomic E-state index is 13.1. The molecule has 0 aliphatic carbocycles. The molecule has 68 valence electrons. The van der Waals surface area contributed by atoms with Gasteiger partial charge in [0.15, 0.2) is 6.40 Å². The zero-order valence-corrected chi connectivity index (χ0v) is 7.33. The van der Waals surface area contributed by atoms with Crippen LogP contribution in [0.4, 0.5) is 4.39 Å². The van der Waals surface area contributed by atoms with Crippen LogP contribution < -0.4 is 0 Å². The monoisotopic (exact) mass is 179 g/mol. The molecule has 0 fully saturated rings. The molecule has 1 aromatic rings. The Morgan fingerprint density at radius 3 is 3.08 bits per heavy atom. The average Bonchev–Trinajstić information content (AvgIpc) is 2.62. The molecule has 0 bridgehead atoms. The summed E-state index contributed by atoms with van der Waals surface area (Å²) < 4.78 is 18.1. The lowest BCUT2D eigenvalue weighted by atomic mass is 10.0. The van der Waals surface area contributed by atoms with E-state index >= 15 is 0 Å². The summed E-state index contributed by atoms with van der Waals surface area (Å²) in [6, 6.07) is 5.01. The van der Waals surface area contributed by atoms with Gasteiger partial charge >= 0.3 is 0 Å². The molecule has 0 saturated heterocycles. The molecule has 3 heteroatoms. The van der Waals surface area contributed by atoms with Crippen molar-refractivity contribution >= 4 is 6.40 Å². The Bertz CT molecular complexity index is 349. The lowest BCUT2D eigenvalue weighted by molar-refractivity contribution is 0.330. The van der Waals surface area contributed by atoms with Crippen molar-refractivity contribution in [2.24, 2.45) is 4.99 Å². The van der Waals surface area contributed by atoms with E-state index in [1.807, 2.05) is 6.07 Å². The van der Waals surface area contributed by atoms with Crippen LogP contribution in [-0.4, -0.2) is 13.0 Å². The highest BCUT2D eigenvalue weighted by Gasteiger charge is 2.17. The highest BCUT2D eigenvalue weighted by atomic mass is 19.1. The molecule has 0 aromatic heterocycles. The zero-order chi connectivity index (χ0) is 9.26. The maximum absolute atomic E-state index is 13.1. The van der Waals surface area contributed by atoms with Crippen LogP contribution in [-0.2, 0) is 4.74 Å². The van der Waals surface area contributed by atoms with Gasteiger partial charge in [-0.3, -0.25) is 0 Å². The molecule has 0 saturated carbocycles. The van der Waals surface area contributed by atoms with Crippen LogP contribution in [0.3, 0.4) is 0 Å². The molecule has 2 nitrogen and oxygen atoms in total. The maximum Gasteiger partial charge on any atom is 0.170 e. The second-order valence-electron chi connectivity index (χ2n) is 3.06. The topological polar surface area (TPSA) is 21.6 Å². The standard InChI is InChI=1S/C10H10FNO/c1-7-8(3-2-4-9(7)11)10-5-13-6-12-10/h2-4,6,10H,5H2,1H3. The van der Waals surface area contributed by atoms with E-state index in [4.69, 9.17) is 4.74 Å². The van der Waals surface area contributed by atoms with Gasteiger partial charge in [0.1, 0.15) is 18.5 Å². The summed E-state index contributed by atoms with van der Waals surface area (Å²) in [5.41, 5.74) is 1.57. The first-order chi connectivity index (χ1) is 6.29. The molecule has 13 heavy (non-hydrogen) atoms. The summed E-state index contributed by atoms with van der Waals surface area (Å²) >= 11 is 0. The fraction of sp³-hybridized carbons (Fsp3) is 0.300. The quantitative estimate of drug-likeness (QED) is 0.647. The Kier molecular flexibility index (Phi) is 2.00. The third-order valence-corrected chi connectivity index (χ3v) is 2.24. The Morgan fingerprint density at radius 1 is 1.54 bits per heavy atom. The van der Waals surface area contributed by atoms with Crippen LogP contribution >= 0.6 is 0 Å². The molecule has 0 amide bonds. The van der Waals surface area contributed by atoms with Crippen molar-refractivity contribution in [3.05, 3.63) is 35.1 Å². The number of benzene rings is 1. The molecule has 0 radical (unpaired) electrons. The van der Waals surface area contributed by atoms with E-state index in [1.54, 1.807) is 13.0 Å². The minimum absolute atomic E-state index is 0.0318. The van der Waals surface area contributed by atoms with Crippen molar-refractivity contribution in [3.63, 3.8) is 0 Å². The largest absolute Gasteiger partial charge is 0.481 e. The first-order valence-corrected chi connectivity index (χ1v) is 4.17. The lowest BCUT2D eigenvalue weighted by Crippen LogP contribution is -2.01. The summed E-state index contributed by atoms with van der Waals surface area (Å²) in [6.45, 7) is 2.28. The van der Waals surface area contributed by atoms with E-state index in [1.165, 1.54) is 12.5 Å². The van der Waals surface area contributed by atoms with E-state index < -0.39 is 0 Å². The van der Waals surface area contributed by atoms with Crippen LogP contribution in [0.2, 0.25) is 0 Å². The molecule has 1 heterocycles. The predicted molar refractivity (Wildman–Crippen MR) is 48.3 cm³/mol. The Hall–Kier alpha value is -1.38. The van der Waals surface area contributed by atoms with Crippen LogP contribution in [0.15, 0.2) is 23.2 Å². The van der Waals surface area contributed by atoms with Gasteiger partial charge in [0, 0.05) is 0 Å². The molecular formula is C10H10FNO. The highest BCUT2D eigenvalue weighted by Crippen LogP contribution is 2.25. The number of ether oxygens (including phenoxy) is 1. The number of hydrogen-bond acceptors (Lipinski definition) is 2. The van der Waals surface area contributed by atoms with Gasteiger partial charge < -0.3 is 4.74 Å². The van der Waals surface area contributed by atoms with Crippen molar-refractivity contribution in [2.45, 2.75) is 13.0 Å². The number of aliphatic imine (C=N–C) groups is 1. The zero-order valence-electron chi connectivity index (χ0n) is 7.33. The molecule has 1 atom stereocenters. The number of halogens is 1. The normalized spacial score (nSPS) is 20.3. The first kappa shape index (κ1) is 8.23. The molecule has 2 rings (SSSR count). The van der Waals surface area contributed by atoms with Crippen molar-refractivity contribution in [2.75, 3.05) is 6.61 Å². The van der Waals surface area contributed by atoms with Gasteiger partial charge in [-0.2, -0.15) is 0 Å². The van der Waals surface area contributed by atoms with Gasteiger partial charge in [0.05, 0.1) is 0 Å². The number of nitrogens with zero attached hydrogens (tertiary/aromatic N) is 1. The molecule has 1 unspecified atom stereocenters. The van der Waals surface area contributed by atoms with Gasteiger partial charge in [0.25, 0.3) is 0 Å². The SMILES string of the molecule is Cc1c(F)cccc1C1COC=N1. The second-order valence-corrected chi connectivity index (χ2v) is 3.06. The third kappa shape index (κ3) is 1.41. The van der Waals surface area contributed by atoms with Gasteiger partial charge in [0.2, 0.25) is 0 Å². The minimum Gasteiger partial charge on any atom is -0.481 e. The smallest absolute Gasteiger partial charge is 0.170 e. The summed E-state index contributed by atoms with van der Waals surface area (Å²) in [5, 5.41) is 0. The lowest BCUT2D eigenvalue weighted by Gasteiger charge is -2.09. The highest BCUT2D eigenvalue weighted by molar-refractivity contribution is 5.50. The third-order valence-electron chi connectivity index (χ3n) is 2.24. The molecule has 1 aromatic carbocycles. The van der Waals surface area contributed by atoms with E-state index in [0.717, 1.165) is 5.56 Å². The summed E-state index contributed by atoms with van der Waals surface area (Å²) in [7, 11) is 0. The Labute approximate surface area is 76.1 Å². The van der Waals surface area contributed by atoms with E-state index in [-0.39, 0.29) is 11.9 Å². The fourth-order valence-corrected chi connectivity index (χ4v) is 1.45. The fourth-order valence-electron chi connectivity index (χ4n) is 1.45. The van der Waals surface area contributed by atoms with Crippen molar-refractivity contribution < 1.29 is 9.13 Å². The summed E-state index contributed by atoms with van der Waals surface area (Å²) in [4.78, 5) is 4.09. The van der Waals surface area contributed by atoms with Crippen LogP contribution in [0.1, 0.15) is 17.2 Å². The predicted octanol–water partition coefficient (Wildman–Crippen LogP) is 2.23. The van der Waals surface area contributed by atoms with E-state index in [0.29, 0.717) is 12.2 Å². The molecule has 0 N–H and O–H groups in total. The Balaban J connectivity index is 2.39. The minimum atomic E-state index is -0.181. The van der Waals surface area contributed by atoms with Crippen molar-refractivity contribution in [1.29, 1.82) is 0 Å². The molecule has 1 aliphatic heterocycles. The van der Waals surface area contributed by atoms with E-state index in [2.05, 4.69) is 4.99 Å². The Morgan fingerprint density at radius 2 is 2.38 bits per heavy atom. The van der Waals surface area contributed by atoms with Gasteiger partial charge in [-0.15, -0.1) is 0 Å². The molecule has 0 spiro atoms. The molecular weight excluding hydrogens is 169 g/mol. The number of hydrogen-bond donors (Lipinski definition) is 0. The molecule has 1 aliphatic rings. The van der Waals surface area contributed by atoms with Crippen molar-refractivity contribution in [1.82, 2.24) is 0 Å². The summed E-state index contributed by atoms with van der Waals surface area (Å²) in [5.74, 6) is -0.181. The van der Waals surface area contributed by atoms with Crippen LogP contribution in [0.5, 0.6) is 0 Å². The first-order valence-electron chi connectivity index (χ1n) is 4.17. The van der Waals surface area contributed by atoms with Crippen molar-refractivity contribution in [3.8, 4) is 0 Å². The second kappa shape index (κ2) is 3.17. The van der Waals surface area contributed by atoms with Gasteiger partial charge in [-0.25, -0.2) is 9.38 Å². The van der Waals surface area contributed by atoms with Crippen LogP contribution in [0.25, 0.3) is 0 Å². The van der Waals surface area contributed by atoms with Gasteiger partial charge in [-0.1, -0.05) is 12.1 Å².